The Labute approximate surface area is 49.0 Å². The molecule has 2 N–H and O–H groups in total. The van der Waals surface area contributed by atoms with E-state index in [0.29, 0.717) is 0 Å². The third-order valence-corrected chi connectivity index (χ3v) is 2.30. The Morgan fingerprint density at radius 1 is 1.38 bits per heavy atom. The van der Waals surface area contributed by atoms with Gasteiger partial charge in [-0.3, -0.25) is 4.84 Å². The molecule has 0 saturated heterocycles. The van der Waals surface area contributed by atoms with Crippen LogP contribution < -0.4 is 5.90 Å². The monoisotopic (exact) mass is 113 g/mol. The second kappa shape index (κ2) is 1.25. The van der Waals surface area contributed by atoms with E-state index in [4.69, 9.17) is 10.7 Å². The second-order valence-electron chi connectivity index (χ2n) is 2.96. The molecule has 0 amide bonds. The first-order chi connectivity index (χ1) is 3.87. The van der Waals surface area contributed by atoms with Gasteiger partial charge in [0.25, 0.3) is 0 Å². The lowest BCUT2D eigenvalue weighted by molar-refractivity contribution is 0.0159. The maximum absolute atomic E-state index is 5.11. The Balaban J connectivity index is 1.99. The lowest BCUT2D eigenvalue weighted by Crippen LogP contribution is -2.20. The van der Waals surface area contributed by atoms with Crippen LogP contribution in [0.2, 0.25) is 0 Å². The largest absolute Gasteiger partial charge is 0.298 e. The zero-order valence-corrected chi connectivity index (χ0v) is 4.89. The molecule has 0 aromatic heterocycles. The molecule has 2 nitrogen and oxygen atoms in total. The molecule has 0 radical (unpaired) electrons. The van der Waals surface area contributed by atoms with E-state index in [-0.39, 0.29) is 5.60 Å². The third kappa shape index (κ3) is 0.501. The van der Waals surface area contributed by atoms with Crippen LogP contribution in [0.25, 0.3) is 0 Å². The zero-order valence-electron chi connectivity index (χ0n) is 4.89. The number of hydrogen-bond donors (Lipinski definition) is 1. The highest BCUT2D eigenvalue weighted by Crippen LogP contribution is 2.55. The van der Waals surface area contributed by atoms with Crippen molar-refractivity contribution in [1.82, 2.24) is 0 Å². The van der Waals surface area contributed by atoms with E-state index >= 15 is 0 Å². The molecule has 2 rings (SSSR count). The van der Waals surface area contributed by atoms with Gasteiger partial charge < -0.3 is 0 Å². The Morgan fingerprint density at radius 2 is 2.00 bits per heavy atom. The van der Waals surface area contributed by atoms with Gasteiger partial charge in [0.2, 0.25) is 0 Å². The van der Waals surface area contributed by atoms with Crippen LogP contribution in [0.3, 0.4) is 0 Å². The van der Waals surface area contributed by atoms with Gasteiger partial charge in [0.15, 0.2) is 0 Å². The fourth-order valence-electron chi connectivity index (χ4n) is 1.35. The van der Waals surface area contributed by atoms with Gasteiger partial charge in [-0.2, -0.15) is 0 Å². The minimum atomic E-state index is 0.181. The highest BCUT2D eigenvalue weighted by Gasteiger charge is 2.55. The molecule has 0 aromatic carbocycles. The van der Waals surface area contributed by atoms with Gasteiger partial charge in [-0.25, -0.2) is 5.90 Å². The van der Waals surface area contributed by atoms with Crippen molar-refractivity contribution in [2.75, 3.05) is 0 Å². The summed E-state index contributed by atoms with van der Waals surface area (Å²) in [5.41, 5.74) is 0.181. The first-order valence-corrected chi connectivity index (χ1v) is 3.25. The van der Waals surface area contributed by atoms with Gasteiger partial charge in [0, 0.05) is 0 Å². The summed E-state index contributed by atoms with van der Waals surface area (Å²) >= 11 is 0. The van der Waals surface area contributed by atoms with Gasteiger partial charge in [-0.05, 0) is 31.6 Å². The predicted octanol–water partition coefficient (Wildman–Crippen LogP) is 0.819. The molecule has 0 atom stereocenters. The number of rotatable bonds is 2. The van der Waals surface area contributed by atoms with Crippen molar-refractivity contribution in [3.8, 4) is 0 Å². The van der Waals surface area contributed by atoms with E-state index in [1.165, 1.54) is 25.7 Å². The van der Waals surface area contributed by atoms with Crippen molar-refractivity contribution in [3.63, 3.8) is 0 Å². The molecule has 8 heavy (non-hydrogen) atoms. The third-order valence-electron chi connectivity index (χ3n) is 2.30. The minimum Gasteiger partial charge on any atom is -0.298 e. The molecule has 0 aromatic rings. The maximum atomic E-state index is 5.11. The van der Waals surface area contributed by atoms with Crippen LogP contribution in [0.5, 0.6) is 0 Å². The molecule has 0 heterocycles. The van der Waals surface area contributed by atoms with Gasteiger partial charge in [-0.15, -0.1) is 0 Å². The maximum Gasteiger partial charge on any atom is 0.0924 e. The summed E-state index contributed by atoms with van der Waals surface area (Å²) in [5.74, 6) is 5.94. The quantitative estimate of drug-likeness (QED) is 0.538. The summed E-state index contributed by atoms with van der Waals surface area (Å²) < 4.78 is 0. The molecule has 2 saturated carbocycles. The molecule has 2 aliphatic carbocycles. The molecule has 2 aliphatic rings. The predicted molar refractivity (Wildman–Crippen MR) is 30.0 cm³/mol. The summed E-state index contributed by atoms with van der Waals surface area (Å²) in [4.78, 5) is 4.87. The molecule has 0 spiro atoms. The summed E-state index contributed by atoms with van der Waals surface area (Å²) in [6, 6.07) is 0. The summed E-state index contributed by atoms with van der Waals surface area (Å²) in [7, 11) is 0. The average molecular weight is 113 g/mol. The van der Waals surface area contributed by atoms with Gasteiger partial charge >= 0.3 is 0 Å². The van der Waals surface area contributed by atoms with E-state index in [1.54, 1.807) is 0 Å². The van der Waals surface area contributed by atoms with E-state index in [1.807, 2.05) is 0 Å². The van der Waals surface area contributed by atoms with Crippen LogP contribution in [0.4, 0.5) is 0 Å². The summed E-state index contributed by atoms with van der Waals surface area (Å²) in [6.45, 7) is 0. The molecule has 46 valence electrons. The lowest BCUT2D eigenvalue weighted by atomic mass is 10.2. The topological polar surface area (TPSA) is 35.2 Å². The van der Waals surface area contributed by atoms with Crippen LogP contribution in [0.1, 0.15) is 25.7 Å². The standard InChI is InChI=1S/C6H11NO/c7-8-6(3-4-6)5-1-2-5/h5H,1-4,7H2. The van der Waals surface area contributed by atoms with Gasteiger partial charge in [-0.1, -0.05) is 0 Å². The van der Waals surface area contributed by atoms with Gasteiger partial charge in [0.1, 0.15) is 0 Å². The van der Waals surface area contributed by atoms with Crippen molar-refractivity contribution in [3.05, 3.63) is 0 Å². The fourth-order valence-corrected chi connectivity index (χ4v) is 1.35. The van der Waals surface area contributed by atoms with Crippen LogP contribution in [-0.4, -0.2) is 5.60 Å². The van der Waals surface area contributed by atoms with Crippen molar-refractivity contribution in [2.45, 2.75) is 31.3 Å². The fraction of sp³-hybridized carbons (Fsp3) is 1.00. The Bertz CT molecular complexity index is 105. The first kappa shape index (κ1) is 4.77. The second-order valence-corrected chi connectivity index (χ2v) is 2.96. The summed E-state index contributed by atoms with van der Waals surface area (Å²) in [5, 5.41) is 0. The Morgan fingerprint density at radius 3 is 2.12 bits per heavy atom. The lowest BCUT2D eigenvalue weighted by Gasteiger charge is -2.08. The normalized spacial score (nSPS) is 32.6. The molecular formula is C6H11NO. The van der Waals surface area contributed by atoms with Crippen molar-refractivity contribution in [1.29, 1.82) is 0 Å². The molecule has 0 aliphatic heterocycles. The van der Waals surface area contributed by atoms with Gasteiger partial charge in [0.05, 0.1) is 5.60 Å². The average Bonchev–Trinajstić information content (AvgIpc) is 2.63. The highest BCUT2D eigenvalue weighted by atomic mass is 16.6. The van der Waals surface area contributed by atoms with Crippen LogP contribution in [-0.2, 0) is 4.84 Å². The molecule has 0 unspecified atom stereocenters. The van der Waals surface area contributed by atoms with Crippen LogP contribution >= 0.6 is 0 Å². The minimum absolute atomic E-state index is 0.181. The molecule has 2 fully saturated rings. The van der Waals surface area contributed by atoms with Crippen molar-refractivity contribution >= 4 is 0 Å². The van der Waals surface area contributed by atoms with E-state index in [9.17, 15) is 0 Å². The van der Waals surface area contributed by atoms with Crippen molar-refractivity contribution < 1.29 is 4.84 Å². The SMILES string of the molecule is NOC1(C2CC2)CC1. The number of nitrogens with two attached hydrogens (primary N) is 1. The molecule has 2 heteroatoms. The smallest absolute Gasteiger partial charge is 0.0924 e. The van der Waals surface area contributed by atoms with E-state index in [0.717, 1.165) is 5.92 Å². The number of hydrogen-bond acceptors (Lipinski definition) is 2. The van der Waals surface area contributed by atoms with Crippen LogP contribution in [0.15, 0.2) is 0 Å². The zero-order chi connectivity index (χ0) is 5.61. The van der Waals surface area contributed by atoms with Crippen molar-refractivity contribution in [2.24, 2.45) is 11.8 Å². The molecule has 0 bridgehead atoms. The van der Waals surface area contributed by atoms with E-state index in [2.05, 4.69) is 0 Å². The summed E-state index contributed by atoms with van der Waals surface area (Å²) in [6.07, 6.45) is 5.09. The highest BCUT2D eigenvalue weighted by molar-refractivity contribution is 5.06. The molecular weight excluding hydrogens is 102 g/mol. The first-order valence-electron chi connectivity index (χ1n) is 3.25. The Hall–Kier alpha value is -0.0800. The Kier molecular flexibility index (Phi) is 0.746. The van der Waals surface area contributed by atoms with E-state index < -0.39 is 0 Å². The van der Waals surface area contributed by atoms with Crippen LogP contribution in [0, 0.1) is 5.92 Å².